The lowest BCUT2D eigenvalue weighted by Crippen LogP contribution is -2.03. The Morgan fingerprint density at radius 2 is 1.55 bits per heavy atom. The molecule has 20 heavy (non-hydrogen) atoms. The van der Waals surface area contributed by atoms with Gasteiger partial charge >= 0.3 is 0 Å². The number of benzene rings is 1. The standard InChI is InChI=1S/C17H22N2S/c1-10-11(2)13(4)15(14(5)12(10)3)9-20-17(18)16-7-6-8-19-16/h6-8,18-19H,9H2,1-5H3. The van der Waals surface area contributed by atoms with Crippen LogP contribution in [0.25, 0.3) is 0 Å². The molecule has 0 spiro atoms. The zero-order chi connectivity index (χ0) is 14.9. The van der Waals surface area contributed by atoms with E-state index in [4.69, 9.17) is 5.41 Å². The molecule has 0 atom stereocenters. The highest BCUT2D eigenvalue weighted by molar-refractivity contribution is 8.13. The fraction of sp³-hybridized carbons (Fsp3) is 0.353. The fourth-order valence-corrected chi connectivity index (χ4v) is 3.49. The maximum Gasteiger partial charge on any atom is 0.111 e. The summed E-state index contributed by atoms with van der Waals surface area (Å²) >= 11 is 1.59. The Morgan fingerprint density at radius 3 is 2.05 bits per heavy atom. The number of nitrogens with one attached hydrogen (secondary N) is 2. The predicted molar refractivity (Wildman–Crippen MR) is 89.0 cm³/mol. The summed E-state index contributed by atoms with van der Waals surface area (Å²) in [6, 6.07) is 3.88. The molecule has 2 aromatic rings. The molecule has 0 aliphatic carbocycles. The van der Waals surface area contributed by atoms with E-state index in [1.165, 1.54) is 33.4 Å². The van der Waals surface area contributed by atoms with Crippen molar-refractivity contribution in [2.75, 3.05) is 0 Å². The molecular formula is C17H22N2S. The number of hydrogen-bond donors (Lipinski definition) is 2. The molecule has 0 aliphatic heterocycles. The quantitative estimate of drug-likeness (QED) is 0.616. The minimum Gasteiger partial charge on any atom is -0.360 e. The molecular weight excluding hydrogens is 264 g/mol. The van der Waals surface area contributed by atoms with Crippen LogP contribution in [-0.2, 0) is 5.75 Å². The van der Waals surface area contributed by atoms with Gasteiger partial charge in [0.2, 0.25) is 0 Å². The Morgan fingerprint density at radius 1 is 1.00 bits per heavy atom. The van der Waals surface area contributed by atoms with Crippen LogP contribution in [0.1, 0.15) is 39.1 Å². The third-order valence-electron chi connectivity index (χ3n) is 4.36. The molecule has 0 saturated carbocycles. The number of rotatable bonds is 3. The van der Waals surface area contributed by atoms with E-state index in [-0.39, 0.29) is 0 Å². The molecule has 2 rings (SSSR count). The normalized spacial score (nSPS) is 10.8. The van der Waals surface area contributed by atoms with Gasteiger partial charge in [0, 0.05) is 11.9 Å². The highest BCUT2D eigenvalue weighted by Crippen LogP contribution is 2.29. The third-order valence-corrected chi connectivity index (χ3v) is 5.30. The number of aromatic nitrogens is 1. The van der Waals surface area contributed by atoms with Crippen LogP contribution in [0.2, 0.25) is 0 Å². The highest BCUT2D eigenvalue weighted by Gasteiger charge is 2.13. The summed E-state index contributed by atoms with van der Waals surface area (Å²) in [5.41, 5.74) is 9.19. The summed E-state index contributed by atoms with van der Waals surface area (Å²) in [5, 5.41) is 8.72. The fourth-order valence-electron chi connectivity index (χ4n) is 2.49. The molecule has 1 heterocycles. The zero-order valence-electron chi connectivity index (χ0n) is 12.8. The van der Waals surface area contributed by atoms with E-state index in [2.05, 4.69) is 39.6 Å². The largest absolute Gasteiger partial charge is 0.360 e. The minimum absolute atomic E-state index is 0.602. The van der Waals surface area contributed by atoms with Gasteiger partial charge in [-0.2, -0.15) is 0 Å². The van der Waals surface area contributed by atoms with Gasteiger partial charge in [-0.3, -0.25) is 5.41 Å². The molecule has 0 aliphatic rings. The van der Waals surface area contributed by atoms with Crippen LogP contribution in [-0.4, -0.2) is 10.0 Å². The van der Waals surface area contributed by atoms with Crippen molar-refractivity contribution in [2.45, 2.75) is 40.4 Å². The first-order valence-corrected chi connectivity index (χ1v) is 7.83. The van der Waals surface area contributed by atoms with Crippen LogP contribution in [0.5, 0.6) is 0 Å². The van der Waals surface area contributed by atoms with Crippen molar-refractivity contribution in [3.05, 3.63) is 57.4 Å². The second-order valence-electron chi connectivity index (χ2n) is 5.31. The maximum absolute atomic E-state index is 8.12. The molecule has 0 radical (unpaired) electrons. The monoisotopic (exact) mass is 286 g/mol. The molecule has 0 fully saturated rings. The van der Waals surface area contributed by atoms with Crippen LogP contribution in [0.15, 0.2) is 18.3 Å². The second kappa shape index (κ2) is 5.88. The Hall–Kier alpha value is -1.48. The van der Waals surface area contributed by atoms with Crippen molar-refractivity contribution in [3.8, 4) is 0 Å². The molecule has 106 valence electrons. The number of thioether (sulfide) groups is 1. The molecule has 0 amide bonds. The van der Waals surface area contributed by atoms with Crippen LogP contribution < -0.4 is 0 Å². The van der Waals surface area contributed by atoms with Gasteiger partial charge in [0.15, 0.2) is 0 Å². The van der Waals surface area contributed by atoms with Crippen molar-refractivity contribution < 1.29 is 0 Å². The van der Waals surface area contributed by atoms with E-state index >= 15 is 0 Å². The number of hydrogen-bond acceptors (Lipinski definition) is 2. The van der Waals surface area contributed by atoms with E-state index in [9.17, 15) is 0 Å². The van der Waals surface area contributed by atoms with Crippen molar-refractivity contribution in [1.29, 1.82) is 5.41 Å². The molecule has 0 bridgehead atoms. The van der Waals surface area contributed by atoms with E-state index < -0.39 is 0 Å². The van der Waals surface area contributed by atoms with Crippen LogP contribution >= 0.6 is 11.8 Å². The van der Waals surface area contributed by atoms with Gasteiger partial charge in [-0.25, -0.2) is 0 Å². The van der Waals surface area contributed by atoms with Gasteiger partial charge in [-0.1, -0.05) is 0 Å². The first-order valence-electron chi connectivity index (χ1n) is 6.84. The van der Waals surface area contributed by atoms with Gasteiger partial charge in [-0.15, -0.1) is 11.8 Å². The summed E-state index contributed by atoms with van der Waals surface area (Å²) in [6.45, 7) is 11.0. The molecule has 0 saturated heterocycles. The van der Waals surface area contributed by atoms with Crippen LogP contribution in [0, 0.1) is 40.0 Å². The Kier molecular flexibility index (Phi) is 4.39. The van der Waals surface area contributed by atoms with Crippen molar-refractivity contribution in [3.63, 3.8) is 0 Å². The lowest BCUT2D eigenvalue weighted by atomic mass is 9.90. The van der Waals surface area contributed by atoms with E-state index in [1.54, 1.807) is 11.8 Å². The van der Waals surface area contributed by atoms with Crippen LogP contribution in [0.4, 0.5) is 0 Å². The van der Waals surface area contributed by atoms with Crippen molar-refractivity contribution >= 4 is 16.8 Å². The van der Waals surface area contributed by atoms with Gasteiger partial charge in [0.05, 0.1) is 5.69 Å². The summed E-state index contributed by atoms with van der Waals surface area (Å²) in [4.78, 5) is 3.09. The van der Waals surface area contributed by atoms with Gasteiger partial charge in [0.1, 0.15) is 5.04 Å². The second-order valence-corrected chi connectivity index (χ2v) is 6.29. The van der Waals surface area contributed by atoms with Crippen molar-refractivity contribution in [2.24, 2.45) is 0 Å². The van der Waals surface area contributed by atoms with E-state index in [0.717, 1.165) is 11.4 Å². The third kappa shape index (κ3) is 2.68. The summed E-state index contributed by atoms with van der Waals surface area (Å²) in [5.74, 6) is 0.859. The number of aromatic amines is 1. The smallest absolute Gasteiger partial charge is 0.111 e. The first-order chi connectivity index (χ1) is 9.43. The topological polar surface area (TPSA) is 39.6 Å². The summed E-state index contributed by atoms with van der Waals surface area (Å²) in [7, 11) is 0. The lowest BCUT2D eigenvalue weighted by Gasteiger charge is -2.18. The summed E-state index contributed by atoms with van der Waals surface area (Å²) in [6.07, 6.45) is 1.86. The van der Waals surface area contributed by atoms with Gasteiger partial charge < -0.3 is 4.98 Å². The van der Waals surface area contributed by atoms with E-state index in [1.807, 2.05) is 18.3 Å². The summed E-state index contributed by atoms with van der Waals surface area (Å²) < 4.78 is 0. The first kappa shape index (κ1) is 14.9. The molecule has 3 heteroatoms. The van der Waals surface area contributed by atoms with Crippen LogP contribution in [0.3, 0.4) is 0 Å². The molecule has 1 aromatic heterocycles. The Bertz CT molecular complexity index is 610. The maximum atomic E-state index is 8.12. The van der Waals surface area contributed by atoms with Gasteiger partial charge in [-0.05, 0) is 80.1 Å². The highest BCUT2D eigenvalue weighted by atomic mass is 32.2. The average Bonchev–Trinajstić information content (AvgIpc) is 2.97. The predicted octanol–water partition coefficient (Wildman–Crippen LogP) is 4.82. The van der Waals surface area contributed by atoms with E-state index in [0.29, 0.717) is 5.04 Å². The Balaban J connectivity index is 2.24. The molecule has 2 nitrogen and oxygen atoms in total. The zero-order valence-corrected chi connectivity index (χ0v) is 13.7. The lowest BCUT2D eigenvalue weighted by molar-refractivity contribution is 1.12. The Labute approximate surface area is 125 Å². The molecule has 1 aromatic carbocycles. The van der Waals surface area contributed by atoms with Crippen molar-refractivity contribution in [1.82, 2.24) is 4.98 Å². The molecule has 2 N–H and O–H groups in total. The minimum atomic E-state index is 0.602. The number of H-pyrrole nitrogens is 1. The van der Waals surface area contributed by atoms with Gasteiger partial charge in [0.25, 0.3) is 0 Å². The SMILES string of the molecule is Cc1c(C)c(C)c(CSC(=N)c2ccc[nH]2)c(C)c1C. The average molecular weight is 286 g/mol. The molecule has 0 unspecified atom stereocenters.